The number of likely N-dealkylation sites (tertiary alicyclic amines) is 1. The van der Waals surface area contributed by atoms with E-state index in [1.54, 1.807) is 0 Å². The minimum atomic E-state index is 0. The minimum Gasteiger partial charge on any atom is -0.328 e. The first-order valence-corrected chi connectivity index (χ1v) is 6.03. The number of nitrogens with zero attached hydrogens (tertiary/aromatic N) is 3. The van der Waals surface area contributed by atoms with Gasteiger partial charge in [-0.2, -0.15) is 5.10 Å². The zero-order chi connectivity index (χ0) is 11.7. The van der Waals surface area contributed by atoms with Crippen LogP contribution < -0.4 is 5.73 Å². The van der Waals surface area contributed by atoms with E-state index in [1.807, 2.05) is 17.9 Å². The monoisotopic (exact) mass is 258 g/mol. The summed E-state index contributed by atoms with van der Waals surface area (Å²) in [6, 6.07) is 0.319. The summed E-state index contributed by atoms with van der Waals surface area (Å²) in [7, 11) is 1.99. The van der Waals surface area contributed by atoms with Gasteiger partial charge in [0.05, 0.1) is 6.20 Å². The molecule has 17 heavy (non-hydrogen) atoms. The van der Waals surface area contributed by atoms with Crippen molar-refractivity contribution in [1.29, 1.82) is 0 Å². The molecule has 0 aromatic carbocycles. The molecule has 1 saturated heterocycles. The van der Waals surface area contributed by atoms with Gasteiger partial charge in [0, 0.05) is 37.4 Å². The van der Waals surface area contributed by atoms with Gasteiger partial charge in [-0.1, -0.05) is 0 Å². The van der Waals surface area contributed by atoms with E-state index in [9.17, 15) is 0 Å². The van der Waals surface area contributed by atoms with Crippen LogP contribution in [0.15, 0.2) is 6.20 Å². The maximum atomic E-state index is 5.94. The molecule has 0 radical (unpaired) electrons. The van der Waals surface area contributed by atoms with Crippen molar-refractivity contribution in [3.8, 4) is 0 Å². The van der Waals surface area contributed by atoms with Crippen molar-refractivity contribution < 1.29 is 0 Å². The van der Waals surface area contributed by atoms with E-state index < -0.39 is 0 Å². The quantitative estimate of drug-likeness (QED) is 0.890. The number of hydrogen-bond acceptors (Lipinski definition) is 3. The van der Waals surface area contributed by atoms with Crippen LogP contribution in [0.5, 0.6) is 0 Å². The molecule has 1 aliphatic heterocycles. The summed E-state index contributed by atoms with van der Waals surface area (Å²) in [5.74, 6) is 0.664. The summed E-state index contributed by atoms with van der Waals surface area (Å²) >= 11 is 0. The molecule has 0 spiro atoms. The van der Waals surface area contributed by atoms with Crippen LogP contribution in [0.25, 0.3) is 0 Å². The zero-order valence-electron chi connectivity index (χ0n) is 10.9. The van der Waals surface area contributed by atoms with Gasteiger partial charge in [-0.15, -0.1) is 12.4 Å². The van der Waals surface area contributed by atoms with E-state index in [2.05, 4.69) is 23.8 Å². The average Bonchev–Trinajstić information content (AvgIpc) is 2.81. The summed E-state index contributed by atoms with van der Waals surface area (Å²) in [5, 5.41) is 4.28. The Hall–Kier alpha value is -0.580. The van der Waals surface area contributed by atoms with E-state index in [-0.39, 0.29) is 12.4 Å². The van der Waals surface area contributed by atoms with Crippen LogP contribution in [0.3, 0.4) is 0 Å². The van der Waals surface area contributed by atoms with E-state index in [0.29, 0.717) is 12.0 Å². The summed E-state index contributed by atoms with van der Waals surface area (Å²) in [6.45, 7) is 7.56. The molecule has 1 aromatic rings. The molecule has 0 bridgehead atoms. The number of halogens is 1. The molecule has 2 atom stereocenters. The SMILES string of the molecule is Cc1c(CN2CCC(C(C)N)C2)cnn1C.Cl. The third-order valence-electron chi connectivity index (χ3n) is 3.78. The first-order valence-electron chi connectivity index (χ1n) is 6.03. The minimum absolute atomic E-state index is 0. The van der Waals surface area contributed by atoms with Gasteiger partial charge in [0.25, 0.3) is 0 Å². The first kappa shape index (κ1) is 14.5. The van der Waals surface area contributed by atoms with Gasteiger partial charge >= 0.3 is 0 Å². The Morgan fingerprint density at radius 3 is 2.76 bits per heavy atom. The Morgan fingerprint density at radius 2 is 2.29 bits per heavy atom. The molecule has 0 amide bonds. The number of rotatable bonds is 3. The van der Waals surface area contributed by atoms with Gasteiger partial charge in [-0.25, -0.2) is 0 Å². The Morgan fingerprint density at radius 1 is 1.59 bits per heavy atom. The van der Waals surface area contributed by atoms with E-state index in [1.165, 1.54) is 24.2 Å². The summed E-state index contributed by atoms with van der Waals surface area (Å²) in [5.41, 5.74) is 8.55. The summed E-state index contributed by atoms with van der Waals surface area (Å²) in [6.07, 6.45) is 3.21. The second-order valence-electron chi connectivity index (χ2n) is 5.02. The lowest BCUT2D eigenvalue weighted by Crippen LogP contribution is -2.29. The highest BCUT2D eigenvalue weighted by atomic mass is 35.5. The van der Waals surface area contributed by atoms with Gasteiger partial charge in [0.2, 0.25) is 0 Å². The highest BCUT2D eigenvalue weighted by Gasteiger charge is 2.25. The van der Waals surface area contributed by atoms with Gasteiger partial charge in [0.15, 0.2) is 0 Å². The molecule has 1 fully saturated rings. The number of nitrogens with two attached hydrogens (primary N) is 1. The normalized spacial score (nSPS) is 22.5. The van der Waals surface area contributed by atoms with Crippen LogP contribution in [0.2, 0.25) is 0 Å². The van der Waals surface area contributed by atoms with Crippen molar-refractivity contribution in [2.45, 2.75) is 32.9 Å². The Balaban J connectivity index is 0.00000144. The molecule has 0 aliphatic carbocycles. The van der Waals surface area contributed by atoms with Crippen molar-refractivity contribution in [3.05, 3.63) is 17.5 Å². The van der Waals surface area contributed by atoms with Gasteiger partial charge in [-0.05, 0) is 32.7 Å². The Labute approximate surface area is 110 Å². The van der Waals surface area contributed by atoms with Crippen molar-refractivity contribution in [2.75, 3.05) is 13.1 Å². The van der Waals surface area contributed by atoms with Crippen LogP contribution in [-0.4, -0.2) is 33.8 Å². The standard InChI is InChI=1S/C12H22N4.ClH/c1-9(13)11-4-5-16(7-11)8-12-6-14-15(3)10(12)2;/h6,9,11H,4-5,7-8,13H2,1-3H3;1H. The smallest absolute Gasteiger partial charge is 0.0537 e. The molecule has 2 heterocycles. The lowest BCUT2D eigenvalue weighted by molar-refractivity contribution is 0.308. The highest BCUT2D eigenvalue weighted by molar-refractivity contribution is 5.85. The maximum absolute atomic E-state index is 5.94. The van der Waals surface area contributed by atoms with Crippen LogP contribution >= 0.6 is 12.4 Å². The largest absolute Gasteiger partial charge is 0.328 e. The number of aryl methyl sites for hydroxylation is 1. The number of hydrogen-bond donors (Lipinski definition) is 1. The third kappa shape index (κ3) is 3.21. The van der Waals surface area contributed by atoms with Crippen molar-refractivity contribution in [2.24, 2.45) is 18.7 Å². The lowest BCUT2D eigenvalue weighted by Gasteiger charge is -2.17. The highest BCUT2D eigenvalue weighted by Crippen LogP contribution is 2.21. The molecule has 5 heteroatoms. The molecule has 1 aliphatic rings. The molecular formula is C12H23ClN4. The summed E-state index contributed by atoms with van der Waals surface area (Å²) < 4.78 is 1.94. The van der Waals surface area contributed by atoms with E-state index in [0.717, 1.165) is 13.1 Å². The Kier molecular flexibility index (Phi) is 4.98. The van der Waals surface area contributed by atoms with E-state index >= 15 is 0 Å². The molecule has 98 valence electrons. The first-order chi connectivity index (χ1) is 7.58. The third-order valence-corrected chi connectivity index (χ3v) is 3.78. The van der Waals surface area contributed by atoms with Gasteiger partial charge in [0.1, 0.15) is 0 Å². The molecular weight excluding hydrogens is 236 g/mol. The molecule has 4 nitrogen and oxygen atoms in total. The predicted molar refractivity (Wildman–Crippen MR) is 72.2 cm³/mol. The fourth-order valence-electron chi connectivity index (χ4n) is 2.38. The van der Waals surface area contributed by atoms with Crippen LogP contribution in [0, 0.1) is 12.8 Å². The van der Waals surface area contributed by atoms with Crippen molar-refractivity contribution in [1.82, 2.24) is 14.7 Å². The van der Waals surface area contributed by atoms with Crippen molar-refractivity contribution >= 4 is 12.4 Å². The summed E-state index contributed by atoms with van der Waals surface area (Å²) in [4.78, 5) is 2.48. The second kappa shape index (κ2) is 5.85. The van der Waals surface area contributed by atoms with Crippen LogP contribution in [0.4, 0.5) is 0 Å². The Bertz CT molecular complexity index is 361. The van der Waals surface area contributed by atoms with Gasteiger partial charge < -0.3 is 5.73 Å². The zero-order valence-corrected chi connectivity index (χ0v) is 11.7. The molecule has 0 saturated carbocycles. The lowest BCUT2D eigenvalue weighted by atomic mass is 10.0. The van der Waals surface area contributed by atoms with Crippen LogP contribution in [0.1, 0.15) is 24.6 Å². The van der Waals surface area contributed by atoms with Crippen LogP contribution in [-0.2, 0) is 13.6 Å². The predicted octanol–water partition coefficient (Wildman–Crippen LogP) is 1.32. The topological polar surface area (TPSA) is 47.1 Å². The molecule has 2 rings (SSSR count). The van der Waals surface area contributed by atoms with Crippen molar-refractivity contribution in [3.63, 3.8) is 0 Å². The molecule has 2 N–H and O–H groups in total. The number of aromatic nitrogens is 2. The van der Waals surface area contributed by atoms with E-state index in [4.69, 9.17) is 5.73 Å². The fraction of sp³-hybridized carbons (Fsp3) is 0.750. The maximum Gasteiger partial charge on any atom is 0.0537 e. The second-order valence-corrected chi connectivity index (χ2v) is 5.02. The van der Waals surface area contributed by atoms with Gasteiger partial charge in [-0.3, -0.25) is 9.58 Å². The average molecular weight is 259 g/mol. The fourth-order valence-corrected chi connectivity index (χ4v) is 2.38. The molecule has 1 aromatic heterocycles. The molecule has 2 unspecified atom stereocenters.